The molecule has 120 valence electrons. The van der Waals surface area contributed by atoms with Crippen LogP contribution >= 0.6 is 11.8 Å². The molecule has 3 rings (SSSR count). The van der Waals surface area contributed by atoms with Crippen LogP contribution in [0.15, 0.2) is 59.5 Å². The second-order valence-corrected chi connectivity index (χ2v) is 6.81. The maximum atomic E-state index is 11.0. The molecule has 3 nitrogen and oxygen atoms in total. The summed E-state index contributed by atoms with van der Waals surface area (Å²) in [5, 5.41) is 0. The number of anilines is 1. The highest BCUT2D eigenvalue weighted by molar-refractivity contribution is 7.99. The van der Waals surface area contributed by atoms with Gasteiger partial charge in [0, 0.05) is 54.6 Å². The van der Waals surface area contributed by atoms with Crippen LogP contribution < -0.4 is 4.90 Å². The van der Waals surface area contributed by atoms with E-state index in [0.29, 0.717) is 0 Å². The predicted octanol–water partition coefficient (Wildman–Crippen LogP) is 3.41. The first kappa shape index (κ1) is 16.1. The number of para-hydroxylation sites is 1. The average molecular weight is 326 g/mol. The second-order valence-electron chi connectivity index (χ2n) is 5.67. The van der Waals surface area contributed by atoms with Crippen LogP contribution in [0.25, 0.3) is 0 Å². The molecule has 0 N–H and O–H groups in total. The number of benzene rings is 2. The fraction of sp³-hybridized carbons (Fsp3) is 0.316. The van der Waals surface area contributed by atoms with Gasteiger partial charge in [0.05, 0.1) is 0 Å². The van der Waals surface area contributed by atoms with Crippen LogP contribution in [0.4, 0.5) is 5.69 Å². The van der Waals surface area contributed by atoms with Gasteiger partial charge in [-0.2, -0.15) is 0 Å². The van der Waals surface area contributed by atoms with Crippen molar-refractivity contribution >= 4 is 23.7 Å². The molecule has 1 saturated heterocycles. The number of piperazine rings is 1. The van der Waals surface area contributed by atoms with E-state index in [2.05, 4.69) is 40.1 Å². The lowest BCUT2D eigenvalue weighted by molar-refractivity contribution is 0.112. The lowest BCUT2D eigenvalue weighted by Crippen LogP contribution is -2.47. The Balaban J connectivity index is 1.44. The SMILES string of the molecule is O=Cc1ccccc1SCCN1CCN(c2ccccc2)CC1. The zero-order valence-electron chi connectivity index (χ0n) is 13.2. The predicted molar refractivity (Wildman–Crippen MR) is 97.6 cm³/mol. The van der Waals surface area contributed by atoms with Crippen molar-refractivity contribution in [2.75, 3.05) is 43.4 Å². The van der Waals surface area contributed by atoms with Crippen LogP contribution in [0.3, 0.4) is 0 Å². The molecule has 0 atom stereocenters. The summed E-state index contributed by atoms with van der Waals surface area (Å²) in [6, 6.07) is 18.4. The number of nitrogens with zero attached hydrogens (tertiary/aromatic N) is 2. The summed E-state index contributed by atoms with van der Waals surface area (Å²) in [7, 11) is 0. The van der Waals surface area contributed by atoms with E-state index in [9.17, 15) is 4.79 Å². The Hall–Kier alpha value is -1.78. The lowest BCUT2D eigenvalue weighted by atomic mass is 10.2. The lowest BCUT2D eigenvalue weighted by Gasteiger charge is -2.36. The molecule has 23 heavy (non-hydrogen) atoms. The molecule has 0 spiro atoms. The van der Waals surface area contributed by atoms with E-state index in [1.807, 2.05) is 24.3 Å². The number of aldehydes is 1. The van der Waals surface area contributed by atoms with E-state index in [1.54, 1.807) is 11.8 Å². The van der Waals surface area contributed by atoms with Gasteiger partial charge in [-0.25, -0.2) is 0 Å². The molecule has 1 fully saturated rings. The number of carbonyl (C=O) groups is 1. The maximum absolute atomic E-state index is 11.0. The van der Waals surface area contributed by atoms with Crippen molar-refractivity contribution in [3.05, 3.63) is 60.2 Å². The van der Waals surface area contributed by atoms with Gasteiger partial charge in [-0.3, -0.25) is 9.69 Å². The summed E-state index contributed by atoms with van der Waals surface area (Å²) in [5.74, 6) is 1.02. The number of hydrogen-bond acceptors (Lipinski definition) is 4. The standard InChI is InChI=1S/C19H22N2OS/c22-16-17-6-4-5-9-19(17)23-15-14-20-10-12-21(13-11-20)18-7-2-1-3-8-18/h1-9,16H,10-15H2. The summed E-state index contributed by atoms with van der Waals surface area (Å²) in [5.41, 5.74) is 2.12. The van der Waals surface area contributed by atoms with Gasteiger partial charge in [-0.1, -0.05) is 36.4 Å². The summed E-state index contributed by atoms with van der Waals surface area (Å²) < 4.78 is 0. The number of hydrogen-bond donors (Lipinski definition) is 0. The smallest absolute Gasteiger partial charge is 0.151 e. The van der Waals surface area contributed by atoms with Crippen molar-refractivity contribution in [3.8, 4) is 0 Å². The third-order valence-electron chi connectivity index (χ3n) is 4.20. The van der Waals surface area contributed by atoms with Crippen molar-refractivity contribution in [1.82, 2.24) is 4.90 Å². The first-order valence-electron chi connectivity index (χ1n) is 8.06. The third-order valence-corrected chi connectivity index (χ3v) is 5.27. The number of carbonyl (C=O) groups excluding carboxylic acids is 1. The minimum atomic E-state index is 0.798. The van der Waals surface area contributed by atoms with Crippen LogP contribution in [0, 0.1) is 0 Å². The molecule has 2 aromatic rings. The molecule has 0 amide bonds. The Bertz CT molecular complexity index is 624. The van der Waals surface area contributed by atoms with E-state index in [1.165, 1.54) is 5.69 Å². The van der Waals surface area contributed by atoms with Gasteiger partial charge >= 0.3 is 0 Å². The van der Waals surface area contributed by atoms with Crippen molar-refractivity contribution < 1.29 is 4.79 Å². The molecule has 2 aromatic carbocycles. The summed E-state index contributed by atoms with van der Waals surface area (Å²) in [6.45, 7) is 5.44. The molecule has 0 bridgehead atoms. The fourth-order valence-corrected chi connectivity index (χ4v) is 3.89. The van der Waals surface area contributed by atoms with Crippen molar-refractivity contribution in [1.29, 1.82) is 0 Å². The summed E-state index contributed by atoms with van der Waals surface area (Å²) >= 11 is 1.78. The molecule has 0 radical (unpaired) electrons. The first-order chi connectivity index (χ1) is 11.4. The molecule has 1 heterocycles. The van der Waals surface area contributed by atoms with Crippen LogP contribution in [-0.2, 0) is 0 Å². The van der Waals surface area contributed by atoms with Gasteiger partial charge in [-0.15, -0.1) is 11.8 Å². The summed E-state index contributed by atoms with van der Waals surface area (Å²) in [4.78, 5) is 17.1. The maximum Gasteiger partial charge on any atom is 0.151 e. The third kappa shape index (κ3) is 4.36. The monoisotopic (exact) mass is 326 g/mol. The van der Waals surface area contributed by atoms with Gasteiger partial charge in [0.2, 0.25) is 0 Å². The fourth-order valence-electron chi connectivity index (χ4n) is 2.86. The molecule has 1 aliphatic rings. The summed E-state index contributed by atoms with van der Waals surface area (Å²) in [6.07, 6.45) is 0.945. The highest BCUT2D eigenvalue weighted by Crippen LogP contribution is 2.22. The van der Waals surface area contributed by atoms with Crippen LogP contribution in [0.1, 0.15) is 10.4 Å². The van der Waals surface area contributed by atoms with Crippen molar-refractivity contribution in [2.45, 2.75) is 4.90 Å². The zero-order valence-corrected chi connectivity index (χ0v) is 14.0. The molecular formula is C19H22N2OS. The Morgan fingerprint density at radius 2 is 1.61 bits per heavy atom. The first-order valence-corrected chi connectivity index (χ1v) is 9.05. The zero-order chi connectivity index (χ0) is 15.9. The molecule has 0 unspecified atom stereocenters. The van der Waals surface area contributed by atoms with Gasteiger partial charge in [-0.05, 0) is 18.2 Å². The second kappa shape index (κ2) is 8.18. The molecule has 1 aliphatic heterocycles. The molecular weight excluding hydrogens is 304 g/mol. The van der Waals surface area contributed by atoms with Gasteiger partial charge < -0.3 is 4.90 Å². The Kier molecular flexibility index (Phi) is 5.72. The van der Waals surface area contributed by atoms with Crippen molar-refractivity contribution in [3.63, 3.8) is 0 Å². The van der Waals surface area contributed by atoms with Gasteiger partial charge in [0.15, 0.2) is 6.29 Å². The normalized spacial score (nSPS) is 15.6. The number of rotatable bonds is 6. The topological polar surface area (TPSA) is 23.6 Å². The molecule has 4 heteroatoms. The van der Waals surface area contributed by atoms with E-state index in [4.69, 9.17) is 0 Å². The van der Waals surface area contributed by atoms with Crippen LogP contribution in [-0.4, -0.2) is 49.7 Å². The van der Waals surface area contributed by atoms with E-state index in [0.717, 1.165) is 55.2 Å². The molecule has 0 aromatic heterocycles. The highest BCUT2D eigenvalue weighted by Gasteiger charge is 2.16. The minimum absolute atomic E-state index is 0.798. The Labute approximate surface area is 142 Å². The largest absolute Gasteiger partial charge is 0.369 e. The molecule has 0 saturated carbocycles. The quantitative estimate of drug-likeness (QED) is 0.599. The number of thioether (sulfide) groups is 1. The van der Waals surface area contributed by atoms with Crippen molar-refractivity contribution in [2.24, 2.45) is 0 Å². The van der Waals surface area contributed by atoms with E-state index in [-0.39, 0.29) is 0 Å². The van der Waals surface area contributed by atoms with Crippen LogP contribution in [0.2, 0.25) is 0 Å². The highest BCUT2D eigenvalue weighted by atomic mass is 32.2. The van der Waals surface area contributed by atoms with Crippen LogP contribution in [0.5, 0.6) is 0 Å². The molecule has 0 aliphatic carbocycles. The van der Waals surface area contributed by atoms with E-state index >= 15 is 0 Å². The Morgan fingerprint density at radius 1 is 0.913 bits per heavy atom. The van der Waals surface area contributed by atoms with E-state index < -0.39 is 0 Å². The van der Waals surface area contributed by atoms with Gasteiger partial charge in [0.1, 0.15) is 0 Å². The van der Waals surface area contributed by atoms with Gasteiger partial charge in [0.25, 0.3) is 0 Å². The minimum Gasteiger partial charge on any atom is -0.369 e. The average Bonchev–Trinajstić information content (AvgIpc) is 2.63. The Morgan fingerprint density at radius 3 is 2.35 bits per heavy atom.